The maximum absolute atomic E-state index is 13.1. The molecule has 2 amide bonds. The normalized spacial score (nSPS) is 16.8. The van der Waals surface area contributed by atoms with Gasteiger partial charge in [-0.25, -0.2) is 9.59 Å². The van der Waals surface area contributed by atoms with Crippen LogP contribution >= 0.6 is 0 Å². The third-order valence-electron chi connectivity index (χ3n) is 6.79. The Morgan fingerprint density at radius 2 is 1.85 bits per heavy atom. The van der Waals surface area contributed by atoms with Crippen molar-refractivity contribution in [1.82, 2.24) is 14.8 Å². The summed E-state index contributed by atoms with van der Waals surface area (Å²) < 4.78 is 6.90. The van der Waals surface area contributed by atoms with Gasteiger partial charge in [-0.05, 0) is 42.4 Å². The van der Waals surface area contributed by atoms with Crippen molar-refractivity contribution in [2.24, 2.45) is 12.5 Å². The highest BCUT2D eigenvalue weighted by atomic mass is 16.4. The number of hydrogen-bond donors (Lipinski definition) is 1. The first-order chi connectivity index (χ1) is 16.2. The number of carbonyl (C=O) groups excluding carboxylic acids is 1. The molecular weight excluding hydrogens is 428 g/mol. The second-order valence-electron chi connectivity index (χ2n) is 10.3. The van der Waals surface area contributed by atoms with Gasteiger partial charge in [0.15, 0.2) is 5.58 Å². The monoisotopic (exact) mass is 464 g/mol. The van der Waals surface area contributed by atoms with E-state index in [-0.39, 0.29) is 23.2 Å². The molecule has 0 bridgehead atoms. The third kappa shape index (κ3) is 5.29. The Labute approximate surface area is 201 Å². The van der Waals surface area contributed by atoms with Gasteiger partial charge in [-0.15, -0.1) is 0 Å². The number of piperazine rings is 1. The molecule has 182 valence electrons. The minimum Gasteiger partial charge on any atom is -0.408 e. The summed E-state index contributed by atoms with van der Waals surface area (Å²) in [4.78, 5) is 29.2. The minimum atomic E-state index is -0.357. The van der Waals surface area contributed by atoms with Crippen LogP contribution in [0.25, 0.3) is 11.1 Å². The zero-order chi connectivity index (χ0) is 24.3. The molecule has 1 unspecified atom stereocenters. The molecule has 0 saturated carbocycles. The van der Waals surface area contributed by atoms with Gasteiger partial charge in [0, 0.05) is 45.0 Å². The largest absolute Gasteiger partial charge is 0.419 e. The first-order valence-corrected chi connectivity index (χ1v) is 12.2. The van der Waals surface area contributed by atoms with Gasteiger partial charge >= 0.3 is 11.8 Å². The zero-order valence-electron chi connectivity index (χ0n) is 20.7. The van der Waals surface area contributed by atoms with Crippen molar-refractivity contribution in [1.29, 1.82) is 0 Å². The molecule has 4 rings (SSSR count). The van der Waals surface area contributed by atoms with E-state index in [0.717, 1.165) is 43.6 Å². The SMILES string of the molecule is Cn1c(=O)oc2cc(N3CCN(C(=O)NCCCCc4ccccc4)C(C(C)(C)C)C3)ccc21. The molecule has 1 aliphatic heterocycles. The number of fused-ring (bicyclic) bond motifs is 1. The highest BCUT2D eigenvalue weighted by Crippen LogP contribution is 2.31. The minimum absolute atomic E-state index is 0.0174. The smallest absolute Gasteiger partial charge is 0.408 e. The summed E-state index contributed by atoms with van der Waals surface area (Å²) in [5.74, 6) is -0.357. The van der Waals surface area contributed by atoms with E-state index in [1.165, 1.54) is 10.1 Å². The topological polar surface area (TPSA) is 70.7 Å². The van der Waals surface area contributed by atoms with Crippen molar-refractivity contribution < 1.29 is 9.21 Å². The number of amides is 2. The summed E-state index contributed by atoms with van der Waals surface area (Å²) in [6.07, 6.45) is 3.05. The van der Waals surface area contributed by atoms with Crippen LogP contribution in [0.5, 0.6) is 0 Å². The predicted molar refractivity (Wildman–Crippen MR) is 136 cm³/mol. The van der Waals surface area contributed by atoms with Gasteiger partial charge in [0.1, 0.15) is 0 Å². The molecule has 0 radical (unpaired) electrons. The number of nitrogens with one attached hydrogen (secondary N) is 1. The van der Waals surface area contributed by atoms with Crippen LogP contribution in [0.4, 0.5) is 10.5 Å². The summed E-state index contributed by atoms with van der Waals surface area (Å²) in [6, 6.07) is 16.4. The summed E-state index contributed by atoms with van der Waals surface area (Å²) in [7, 11) is 1.71. The van der Waals surface area contributed by atoms with Crippen molar-refractivity contribution in [2.75, 3.05) is 31.1 Å². The van der Waals surface area contributed by atoms with Crippen LogP contribution in [0.15, 0.2) is 57.7 Å². The molecule has 0 spiro atoms. The maximum Gasteiger partial charge on any atom is 0.419 e. The van der Waals surface area contributed by atoms with Crippen LogP contribution in [0.2, 0.25) is 0 Å². The van der Waals surface area contributed by atoms with Crippen LogP contribution in [-0.4, -0.2) is 47.7 Å². The molecule has 1 atom stereocenters. The molecule has 0 aliphatic carbocycles. The number of anilines is 1. The van der Waals surface area contributed by atoms with E-state index in [9.17, 15) is 9.59 Å². The fraction of sp³-hybridized carbons (Fsp3) is 0.481. The van der Waals surface area contributed by atoms with E-state index < -0.39 is 0 Å². The van der Waals surface area contributed by atoms with Crippen LogP contribution in [0.1, 0.15) is 39.2 Å². The first-order valence-electron chi connectivity index (χ1n) is 12.2. The number of urea groups is 1. The van der Waals surface area contributed by atoms with Gasteiger partial charge in [0.05, 0.1) is 11.6 Å². The Morgan fingerprint density at radius 3 is 2.59 bits per heavy atom. The Bertz CT molecular complexity index is 1180. The van der Waals surface area contributed by atoms with Crippen molar-refractivity contribution in [3.63, 3.8) is 0 Å². The fourth-order valence-corrected chi connectivity index (χ4v) is 4.72. The average Bonchev–Trinajstić information content (AvgIpc) is 3.11. The second-order valence-corrected chi connectivity index (χ2v) is 10.3. The highest BCUT2D eigenvalue weighted by Gasteiger charge is 2.38. The van der Waals surface area contributed by atoms with Gasteiger partial charge < -0.3 is 19.5 Å². The molecule has 2 heterocycles. The Hall–Kier alpha value is -3.22. The molecule has 1 aliphatic rings. The van der Waals surface area contributed by atoms with E-state index in [0.29, 0.717) is 18.7 Å². The average molecular weight is 465 g/mol. The zero-order valence-corrected chi connectivity index (χ0v) is 20.7. The highest BCUT2D eigenvalue weighted by molar-refractivity contribution is 5.78. The molecule has 3 aromatic rings. The number of aromatic nitrogens is 1. The third-order valence-corrected chi connectivity index (χ3v) is 6.79. The molecule has 1 fully saturated rings. The standard InChI is InChI=1S/C27H36N4O3/c1-27(2,3)24-19-30(21-13-14-22-23(18-21)34-26(33)29(22)4)16-17-31(24)25(32)28-15-9-8-12-20-10-6-5-7-11-20/h5-7,10-11,13-14,18,24H,8-9,12,15-17,19H2,1-4H3,(H,28,32). The predicted octanol–water partition coefficient (Wildman–Crippen LogP) is 4.40. The molecule has 1 N–H and O–H groups in total. The Balaban J connectivity index is 1.36. The summed E-state index contributed by atoms with van der Waals surface area (Å²) in [6.45, 7) is 9.34. The second kappa shape index (κ2) is 9.95. The summed E-state index contributed by atoms with van der Waals surface area (Å²) in [5, 5.41) is 3.14. The van der Waals surface area contributed by atoms with Crippen molar-refractivity contribution in [3.05, 3.63) is 64.6 Å². The molecule has 7 heteroatoms. The lowest BCUT2D eigenvalue weighted by Crippen LogP contribution is -2.61. The molecule has 7 nitrogen and oxygen atoms in total. The number of hydrogen-bond acceptors (Lipinski definition) is 4. The number of unbranched alkanes of at least 4 members (excludes halogenated alkanes) is 1. The van der Waals surface area contributed by atoms with Gasteiger partial charge in [0.25, 0.3) is 0 Å². The maximum atomic E-state index is 13.1. The Morgan fingerprint density at radius 1 is 1.09 bits per heavy atom. The quantitative estimate of drug-likeness (QED) is 0.549. The van der Waals surface area contributed by atoms with E-state index in [4.69, 9.17) is 4.42 Å². The van der Waals surface area contributed by atoms with Gasteiger partial charge in [-0.2, -0.15) is 0 Å². The number of benzene rings is 2. The summed E-state index contributed by atoms with van der Waals surface area (Å²) in [5.41, 5.74) is 3.65. The lowest BCUT2D eigenvalue weighted by molar-refractivity contribution is 0.107. The van der Waals surface area contributed by atoms with E-state index in [1.54, 1.807) is 7.05 Å². The van der Waals surface area contributed by atoms with Gasteiger partial charge in [0.2, 0.25) is 0 Å². The molecule has 2 aromatic carbocycles. The lowest BCUT2D eigenvalue weighted by Gasteiger charge is -2.47. The molecule has 1 saturated heterocycles. The van der Waals surface area contributed by atoms with Gasteiger partial charge in [-0.1, -0.05) is 51.1 Å². The molecule has 34 heavy (non-hydrogen) atoms. The van der Waals surface area contributed by atoms with Crippen molar-refractivity contribution in [2.45, 2.75) is 46.1 Å². The van der Waals surface area contributed by atoms with Gasteiger partial charge in [-0.3, -0.25) is 4.57 Å². The first kappa shape index (κ1) is 23.9. The van der Waals surface area contributed by atoms with Crippen molar-refractivity contribution in [3.8, 4) is 0 Å². The molecular formula is C27H36N4O3. The van der Waals surface area contributed by atoms with Crippen molar-refractivity contribution >= 4 is 22.8 Å². The van der Waals surface area contributed by atoms with E-state index in [2.05, 4.69) is 55.3 Å². The lowest BCUT2D eigenvalue weighted by atomic mass is 9.84. The number of carbonyl (C=O) groups is 1. The van der Waals surface area contributed by atoms with E-state index >= 15 is 0 Å². The van der Waals surface area contributed by atoms with E-state index in [1.807, 2.05) is 29.2 Å². The van der Waals surface area contributed by atoms with Crippen LogP contribution < -0.4 is 16.0 Å². The number of nitrogens with zero attached hydrogens (tertiary/aromatic N) is 3. The van der Waals surface area contributed by atoms with Crippen LogP contribution in [-0.2, 0) is 13.5 Å². The summed E-state index contributed by atoms with van der Waals surface area (Å²) >= 11 is 0. The molecule has 1 aromatic heterocycles. The fourth-order valence-electron chi connectivity index (χ4n) is 4.72. The number of oxazole rings is 1. The number of aryl methyl sites for hydroxylation is 2. The Kier molecular flexibility index (Phi) is 7.00. The van der Waals surface area contributed by atoms with Crippen LogP contribution in [0.3, 0.4) is 0 Å². The number of rotatable bonds is 6. The van der Waals surface area contributed by atoms with Crippen LogP contribution in [0, 0.1) is 5.41 Å².